The summed E-state index contributed by atoms with van der Waals surface area (Å²) >= 11 is 0. The third-order valence-electron chi connectivity index (χ3n) is 6.43. The summed E-state index contributed by atoms with van der Waals surface area (Å²) in [5, 5.41) is 7.79. The number of piperazine rings is 1. The Labute approximate surface area is 168 Å². The zero-order valence-electron chi connectivity index (χ0n) is 17.5. The van der Waals surface area contributed by atoms with E-state index < -0.39 is 0 Å². The Kier molecular flexibility index (Phi) is 5.48. The lowest BCUT2D eigenvalue weighted by atomic mass is 9.87. The number of rotatable bonds is 3. The summed E-state index contributed by atoms with van der Waals surface area (Å²) in [6.07, 6.45) is 4.53. The molecule has 5 nitrogen and oxygen atoms in total. The topological polar surface area (TPSA) is 60.2 Å². The van der Waals surface area contributed by atoms with Crippen LogP contribution in [0.5, 0.6) is 0 Å². The number of carbonyl (C=O) groups excluding carboxylic acids is 1. The van der Waals surface area contributed by atoms with Crippen LogP contribution >= 0.6 is 0 Å². The van der Waals surface area contributed by atoms with E-state index in [-0.39, 0.29) is 11.3 Å². The second-order valence-electron chi connectivity index (χ2n) is 9.50. The molecule has 1 amide bonds. The largest absolute Gasteiger partial charge is 0.351 e. The molecule has 0 radical (unpaired) electrons. The third kappa shape index (κ3) is 4.26. The molecule has 0 bridgehead atoms. The van der Waals surface area contributed by atoms with Crippen LogP contribution in [0.4, 0.5) is 0 Å². The molecule has 2 fully saturated rings. The first-order valence-electron chi connectivity index (χ1n) is 10.8. The molecule has 1 aliphatic heterocycles. The fourth-order valence-corrected chi connectivity index (χ4v) is 4.61. The van der Waals surface area contributed by atoms with Gasteiger partial charge in [-0.15, -0.1) is 0 Å². The Hall–Kier alpha value is -1.85. The molecule has 0 spiro atoms. The third-order valence-corrected chi connectivity index (χ3v) is 6.43. The number of aromatic nitrogens is 1. The van der Waals surface area contributed by atoms with Gasteiger partial charge in [0, 0.05) is 49.2 Å². The van der Waals surface area contributed by atoms with Crippen LogP contribution < -0.4 is 10.6 Å². The lowest BCUT2D eigenvalue weighted by molar-refractivity contribution is 0.0890. The van der Waals surface area contributed by atoms with E-state index in [4.69, 9.17) is 0 Å². The molecule has 152 valence electrons. The SMILES string of the molecule is CC(C)(C)c1ccc2cc(C(=O)NC3CCC(N4CCNCC4)CC3)[nH]c2c1. The van der Waals surface area contributed by atoms with E-state index in [9.17, 15) is 4.79 Å². The summed E-state index contributed by atoms with van der Waals surface area (Å²) in [5.74, 6) is 0.0270. The second kappa shape index (κ2) is 7.88. The van der Waals surface area contributed by atoms with E-state index in [2.05, 4.69) is 59.5 Å². The highest BCUT2D eigenvalue weighted by atomic mass is 16.1. The molecule has 2 aromatic rings. The number of benzene rings is 1. The first kappa shape index (κ1) is 19.5. The Balaban J connectivity index is 1.36. The van der Waals surface area contributed by atoms with E-state index >= 15 is 0 Å². The van der Waals surface area contributed by atoms with Crippen molar-refractivity contribution in [1.82, 2.24) is 20.5 Å². The van der Waals surface area contributed by atoms with Gasteiger partial charge in [0.2, 0.25) is 0 Å². The van der Waals surface area contributed by atoms with Crippen LogP contribution in [0.25, 0.3) is 10.9 Å². The number of nitrogens with one attached hydrogen (secondary N) is 3. The molecule has 1 aromatic carbocycles. The van der Waals surface area contributed by atoms with Crippen LogP contribution in [0.3, 0.4) is 0 Å². The van der Waals surface area contributed by atoms with Gasteiger partial charge in [-0.05, 0) is 48.8 Å². The molecular formula is C23H34N4O. The molecule has 0 atom stereocenters. The number of hydrogen-bond donors (Lipinski definition) is 3. The average Bonchev–Trinajstić information content (AvgIpc) is 3.12. The normalized spacial score (nSPS) is 24.4. The summed E-state index contributed by atoms with van der Waals surface area (Å²) in [6, 6.07) is 9.41. The smallest absolute Gasteiger partial charge is 0.267 e. The molecule has 1 saturated heterocycles. The number of amides is 1. The van der Waals surface area contributed by atoms with Crippen LogP contribution in [0.2, 0.25) is 0 Å². The molecular weight excluding hydrogens is 348 g/mol. The van der Waals surface area contributed by atoms with Gasteiger partial charge in [-0.1, -0.05) is 32.9 Å². The van der Waals surface area contributed by atoms with E-state index in [1.165, 1.54) is 18.4 Å². The van der Waals surface area contributed by atoms with Crippen molar-refractivity contribution < 1.29 is 4.79 Å². The van der Waals surface area contributed by atoms with Crippen molar-refractivity contribution in [2.75, 3.05) is 26.2 Å². The highest BCUT2D eigenvalue weighted by molar-refractivity contribution is 5.98. The van der Waals surface area contributed by atoms with Crippen molar-refractivity contribution in [3.8, 4) is 0 Å². The quantitative estimate of drug-likeness (QED) is 0.762. The number of fused-ring (bicyclic) bond motifs is 1. The maximum atomic E-state index is 12.8. The molecule has 5 heteroatoms. The lowest BCUT2D eigenvalue weighted by Gasteiger charge is -2.39. The monoisotopic (exact) mass is 382 g/mol. The van der Waals surface area contributed by atoms with E-state index in [0.29, 0.717) is 17.8 Å². The molecule has 0 unspecified atom stereocenters. The Morgan fingerprint density at radius 3 is 2.46 bits per heavy atom. The van der Waals surface area contributed by atoms with Crippen molar-refractivity contribution in [2.24, 2.45) is 0 Å². The highest BCUT2D eigenvalue weighted by Crippen LogP contribution is 2.27. The van der Waals surface area contributed by atoms with Gasteiger partial charge >= 0.3 is 0 Å². The minimum absolute atomic E-state index is 0.0270. The molecule has 1 saturated carbocycles. The maximum Gasteiger partial charge on any atom is 0.267 e. The van der Waals surface area contributed by atoms with Gasteiger partial charge in [-0.2, -0.15) is 0 Å². The Morgan fingerprint density at radius 1 is 1.07 bits per heavy atom. The van der Waals surface area contributed by atoms with Crippen LogP contribution in [-0.4, -0.2) is 54.1 Å². The van der Waals surface area contributed by atoms with Gasteiger partial charge in [0.05, 0.1) is 0 Å². The zero-order chi connectivity index (χ0) is 19.7. The number of aromatic amines is 1. The average molecular weight is 383 g/mol. The van der Waals surface area contributed by atoms with Crippen LogP contribution in [0, 0.1) is 0 Å². The maximum absolute atomic E-state index is 12.8. The number of hydrogen-bond acceptors (Lipinski definition) is 3. The summed E-state index contributed by atoms with van der Waals surface area (Å²) in [7, 11) is 0. The van der Waals surface area contributed by atoms with Crippen molar-refractivity contribution in [3.63, 3.8) is 0 Å². The van der Waals surface area contributed by atoms with Crippen LogP contribution in [0.15, 0.2) is 24.3 Å². The highest BCUT2D eigenvalue weighted by Gasteiger charge is 2.27. The number of carbonyl (C=O) groups is 1. The molecule has 2 aliphatic rings. The van der Waals surface area contributed by atoms with Gasteiger partial charge < -0.3 is 15.6 Å². The van der Waals surface area contributed by atoms with Gasteiger partial charge in [0.1, 0.15) is 5.69 Å². The molecule has 1 aromatic heterocycles. The van der Waals surface area contributed by atoms with Crippen molar-refractivity contribution in [2.45, 2.75) is 64.0 Å². The summed E-state index contributed by atoms with van der Waals surface area (Å²) in [5.41, 5.74) is 3.09. The minimum atomic E-state index is 0.0270. The van der Waals surface area contributed by atoms with E-state index in [1.54, 1.807) is 0 Å². The van der Waals surface area contributed by atoms with Gasteiger partial charge in [-0.3, -0.25) is 9.69 Å². The fourth-order valence-electron chi connectivity index (χ4n) is 4.61. The van der Waals surface area contributed by atoms with Crippen LogP contribution in [0.1, 0.15) is 62.5 Å². The van der Waals surface area contributed by atoms with Crippen molar-refractivity contribution >= 4 is 16.8 Å². The van der Waals surface area contributed by atoms with Crippen molar-refractivity contribution in [1.29, 1.82) is 0 Å². The predicted octanol–water partition coefficient (Wildman–Crippen LogP) is 3.41. The molecule has 2 heterocycles. The first-order chi connectivity index (χ1) is 13.4. The number of nitrogens with zero attached hydrogens (tertiary/aromatic N) is 1. The van der Waals surface area contributed by atoms with Gasteiger partial charge in [0.25, 0.3) is 5.91 Å². The van der Waals surface area contributed by atoms with Crippen LogP contribution in [-0.2, 0) is 5.41 Å². The molecule has 3 N–H and O–H groups in total. The van der Waals surface area contributed by atoms with E-state index in [0.717, 1.165) is 49.9 Å². The molecule has 4 rings (SSSR count). The minimum Gasteiger partial charge on any atom is -0.351 e. The second-order valence-corrected chi connectivity index (χ2v) is 9.50. The summed E-state index contributed by atoms with van der Waals surface area (Å²) in [4.78, 5) is 18.7. The standard InChI is InChI=1S/C23H34N4O/c1-23(2,3)17-5-4-16-14-21(26-20(16)15-17)22(28)25-18-6-8-19(9-7-18)27-12-10-24-11-13-27/h4-5,14-15,18-19,24,26H,6-13H2,1-3H3,(H,25,28). The Bertz CT molecular complexity index is 821. The molecule has 1 aliphatic carbocycles. The fraction of sp³-hybridized carbons (Fsp3) is 0.609. The first-order valence-corrected chi connectivity index (χ1v) is 10.8. The molecule has 28 heavy (non-hydrogen) atoms. The number of H-pyrrole nitrogens is 1. The lowest BCUT2D eigenvalue weighted by Crippen LogP contribution is -2.50. The Morgan fingerprint density at radius 2 is 1.79 bits per heavy atom. The van der Waals surface area contributed by atoms with Gasteiger partial charge in [-0.25, -0.2) is 0 Å². The zero-order valence-corrected chi connectivity index (χ0v) is 17.5. The van der Waals surface area contributed by atoms with Crippen molar-refractivity contribution in [3.05, 3.63) is 35.5 Å². The predicted molar refractivity (Wildman–Crippen MR) is 115 cm³/mol. The summed E-state index contributed by atoms with van der Waals surface area (Å²) in [6.45, 7) is 11.2. The van der Waals surface area contributed by atoms with Gasteiger partial charge in [0.15, 0.2) is 0 Å². The van der Waals surface area contributed by atoms with E-state index in [1.807, 2.05) is 6.07 Å². The summed E-state index contributed by atoms with van der Waals surface area (Å²) < 4.78 is 0.